The van der Waals surface area contributed by atoms with Gasteiger partial charge in [0.25, 0.3) is 0 Å². The van der Waals surface area contributed by atoms with Crippen LogP contribution in [0.4, 0.5) is 0 Å². The lowest BCUT2D eigenvalue weighted by Crippen LogP contribution is -2.06. The van der Waals surface area contributed by atoms with Crippen LogP contribution in [0.15, 0.2) is 24.3 Å². The van der Waals surface area contributed by atoms with Crippen molar-refractivity contribution in [2.24, 2.45) is 11.7 Å². The highest BCUT2D eigenvalue weighted by Crippen LogP contribution is 2.28. The molecular formula is C13H19NO2. The van der Waals surface area contributed by atoms with Crippen LogP contribution >= 0.6 is 0 Å². The summed E-state index contributed by atoms with van der Waals surface area (Å²) < 4.78 is 10.9. The van der Waals surface area contributed by atoms with Gasteiger partial charge < -0.3 is 15.2 Å². The Morgan fingerprint density at radius 3 is 2.94 bits per heavy atom. The average molecular weight is 221 g/mol. The molecule has 16 heavy (non-hydrogen) atoms. The molecule has 0 aliphatic heterocycles. The lowest BCUT2D eigenvalue weighted by atomic mass is 10.1. The summed E-state index contributed by atoms with van der Waals surface area (Å²) in [6.07, 6.45) is 3.51. The maximum Gasteiger partial charge on any atom is 0.189 e. The summed E-state index contributed by atoms with van der Waals surface area (Å²) in [6, 6.07) is 8.01. The zero-order valence-corrected chi connectivity index (χ0v) is 9.52. The van der Waals surface area contributed by atoms with Gasteiger partial charge in [-0.05, 0) is 49.4 Å². The minimum absolute atomic E-state index is 0.350. The first-order chi connectivity index (χ1) is 7.88. The summed E-state index contributed by atoms with van der Waals surface area (Å²) in [5, 5.41) is 0. The minimum Gasteiger partial charge on any atom is -0.468 e. The number of ether oxygens (including phenoxy) is 2. The predicted octanol–water partition coefficient (Wildman–Crippen LogP) is 1.95. The van der Waals surface area contributed by atoms with E-state index in [0.29, 0.717) is 13.3 Å². The molecule has 0 heterocycles. The molecular weight excluding hydrogens is 202 g/mol. The standard InChI is InChI=1S/C13H19NO2/c14-7-6-11-2-1-3-13(8-11)16-10-15-9-12-4-5-12/h1-3,8,12H,4-7,9-10,14H2. The van der Waals surface area contributed by atoms with E-state index in [2.05, 4.69) is 6.07 Å². The van der Waals surface area contributed by atoms with Crippen LogP contribution in [0.1, 0.15) is 18.4 Å². The Bertz CT molecular complexity index is 323. The van der Waals surface area contributed by atoms with Crippen molar-refractivity contribution < 1.29 is 9.47 Å². The lowest BCUT2D eigenvalue weighted by Gasteiger charge is -2.08. The first-order valence-corrected chi connectivity index (χ1v) is 5.88. The Labute approximate surface area is 96.5 Å². The quantitative estimate of drug-likeness (QED) is 0.565. The lowest BCUT2D eigenvalue weighted by molar-refractivity contribution is 0.00995. The fourth-order valence-electron chi connectivity index (χ4n) is 1.57. The van der Waals surface area contributed by atoms with Crippen molar-refractivity contribution in [2.75, 3.05) is 19.9 Å². The minimum atomic E-state index is 0.350. The maximum atomic E-state index is 5.51. The summed E-state index contributed by atoms with van der Waals surface area (Å²) >= 11 is 0. The van der Waals surface area contributed by atoms with E-state index in [0.717, 1.165) is 24.7 Å². The van der Waals surface area contributed by atoms with Gasteiger partial charge in [-0.2, -0.15) is 0 Å². The molecule has 0 saturated heterocycles. The van der Waals surface area contributed by atoms with Crippen molar-refractivity contribution in [3.8, 4) is 5.75 Å². The van der Waals surface area contributed by atoms with Crippen LogP contribution in [0, 0.1) is 5.92 Å². The van der Waals surface area contributed by atoms with Crippen LogP contribution in [0.5, 0.6) is 5.75 Å². The Balaban J connectivity index is 1.71. The van der Waals surface area contributed by atoms with Gasteiger partial charge in [-0.15, -0.1) is 0 Å². The fraction of sp³-hybridized carbons (Fsp3) is 0.538. The summed E-state index contributed by atoms with van der Waals surface area (Å²) in [7, 11) is 0. The van der Waals surface area contributed by atoms with E-state index < -0.39 is 0 Å². The normalized spacial score (nSPS) is 15.1. The Morgan fingerprint density at radius 1 is 1.31 bits per heavy atom. The van der Waals surface area contributed by atoms with Gasteiger partial charge in [0.1, 0.15) is 5.75 Å². The van der Waals surface area contributed by atoms with Crippen molar-refractivity contribution >= 4 is 0 Å². The zero-order valence-electron chi connectivity index (χ0n) is 9.52. The second kappa shape index (κ2) is 5.87. The maximum absolute atomic E-state index is 5.51. The number of hydrogen-bond donors (Lipinski definition) is 1. The predicted molar refractivity (Wildman–Crippen MR) is 63.4 cm³/mol. The van der Waals surface area contributed by atoms with Crippen molar-refractivity contribution in [3.63, 3.8) is 0 Å². The van der Waals surface area contributed by atoms with Gasteiger partial charge in [0.15, 0.2) is 6.79 Å². The molecule has 0 unspecified atom stereocenters. The molecule has 1 aliphatic rings. The van der Waals surface area contributed by atoms with Crippen LogP contribution in [0.2, 0.25) is 0 Å². The van der Waals surface area contributed by atoms with Crippen LogP contribution in [-0.2, 0) is 11.2 Å². The number of rotatable bonds is 7. The molecule has 0 spiro atoms. The third-order valence-corrected chi connectivity index (χ3v) is 2.69. The van der Waals surface area contributed by atoms with Crippen molar-refractivity contribution in [2.45, 2.75) is 19.3 Å². The van der Waals surface area contributed by atoms with E-state index in [9.17, 15) is 0 Å². The molecule has 0 amide bonds. The van der Waals surface area contributed by atoms with Crippen molar-refractivity contribution in [1.29, 1.82) is 0 Å². The third kappa shape index (κ3) is 3.83. The van der Waals surface area contributed by atoms with Gasteiger partial charge in [0, 0.05) is 0 Å². The molecule has 0 atom stereocenters. The smallest absolute Gasteiger partial charge is 0.189 e. The first-order valence-electron chi connectivity index (χ1n) is 5.88. The van der Waals surface area contributed by atoms with Crippen molar-refractivity contribution in [3.05, 3.63) is 29.8 Å². The van der Waals surface area contributed by atoms with Crippen LogP contribution < -0.4 is 10.5 Å². The van der Waals surface area contributed by atoms with Gasteiger partial charge in [0.05, 0.1) is 6.61 Å². The molecule has 0 bridgehead atoms. The Morgan fingerprint density at radius 2 is 2.19 bits per heavy atom. The van der Waals surface area contributed by atoms with E-state index in [-0.39, 0.29) is 0 Å². The number of hydrogen-bond acceptors (Lipinski definition) is 3. The molecule has 1 fully saturated rings. The van der Waals surface area contributed by atoms with E-state index >= 15 is 0 Å². The highest BCUT2D eigenvalue weighted by Gasteiger charge is 2.20. The molecule has 2 rings (SSSR count). The van der Waals surface area contributed by atoms with E-state index in [1.165, 1.54) is 18.4 Å². The monoisotopic (exact) mass is 221 g/mol. The van der Waals surface area contributed by atoms with Crippen LogP contribution in [0.3, 0.4) is 0 Å². The second-order valence-electron chi connectivity index (χ2n) is 4.26. The van der Waals surface area contributed by atoms with E-state index in [1.807, 2.05) is 18.2 Å². The Kier molecular flexibility index (Phi) is 4.19. The van der Waals surface area contributed by atoms with Gasteiger partial charge in [0.2, 0.25) is 0 Å². The number of nitrogens with two attached hydrogens (primary N) is 1. The molecule has 0 aromatic heterocycles. The molecule has 0 radical (unpaired) electrons. The van der Waals surface area contributed by atoms with Crippen molar-refractivity contribution in [1.82, 2.24) is 0 Å². The van der Waals surface area contributed by atoms with E-state index in [1.54, 1.807) is 0 Å². The van der Waals surface area contributed by atoms with Crippen LogP contribution in [-0.4, -0.2) is 19.9 Å². The summed E-state index contributed by atoms with van der Waals surface area (Å²) in [4.78, 5) is 0. The SMILES string of the molecule is NCCc1cccc(OCOCC2CC2)c1. The third-order valence-electron chi connectivity index (χ3n) is 2.69. The molecule has 3 heteroatoms. The second-order valence-corrected chi connectivity index (χ2v) is 4.26. The molecule has 1 saturated carbocycles. The highest BCUT2D eigenvalue weighted by molar-refractivity contribution is 5.28. The summed E-state index contributed by atoms with van der Waals surface area (Å²) in [6.45, 7) is 1.85. The number of benzene rings is 1. The molecule has 1 aliphatic carbocycles. The van der Waals surface area contributed by atoms with Gasteiger partial charge >= 0.3 is 0 Å². The van der Waals surface area contributed by atoms with Crippen LogP contribution in [0.25, 0.3) is 0 Å². The highest BCUT2D eigenvalue weighted by atomic mass is 16.7. The molecule has 2 N–H and O–H groups in total. The van der Waals surface area contributed by atoms with Gasteiger partial charge in [-0.1, -0.05) is 12.1 Å². The topological polar surface area (TPSA) is 44.5 Å². The molecule has 1 aromatic carbocycles. The fourth-order valence-corrected chi connectivity index (χ4v) is 1.57. The Hall–Kier alpha value is -1.06. The van der Waals surface area contributed by atoms with Gasteiger partial charge in [-0.25, -0.2) is 0 Å². The first kappa shape index (κ1) is 11.4. The molecule has 3 nitrogen and oxygen atoms in total. The molecule has 88 valence electrons. The van der Waals surface area contributed by atoms with E-state index in [4.69, 9.17) is 15.2 Å². The largest absolute Gasteiger partial charge is 0.468 e. The summed E-state index contributed by atoms with van der Waals surface area (Å²) in [5.41, 5.74) is 6.72. The summed E-state index contributed by atoms with van der Waals surface area (Å²) in [5.74, 6) is 1.65. The van der Waals surface area contributed by atoms with Gasteiger partial charge in [-0.3, -0.25) is 0 Å². The average Bonchev–Trinajstić information content (AvgIpc) is 3.09. The zero-order chi connectivity index (χ0) is 11.2. The molecule has 1 aromatic rings.